The fraction of sp³-hybridized carbons (Fsp3) is 0.444. The molecule has 1 amide bonds. The van der Waals surface area contributed by atoms with Gasteiger partial charge in [-0.25, -0.2) is 4.68 Å². The molecule has 1 aromatic heterocycles. The average molecular weight is 353 g/mol. The number of nitrogens with zero attached hydrogens (tertiary/aromatic N) is 4. The second kappa shape index (κ2) is 5.98. The van der Waals surface area contributed by atoms with Gasteiger partial charge in [0.1, 0.15) is 0 Å². The van der Waals surface area contributed by atoms with Crippen LogP contribution >= 0.6 is 11.8 Å². The third kappa shape index (κ3) is 2.66. The summed E-state index contributed by atoms with van der Waals surface area (Å²) in [4.78, 5) is 12.6. The van der Waals surface area contributed by atoms with Gasteiger partial charge < -0.3 is 5.32 Å². The highest BCUT2D eigenvalue weighted by Gasteiger charge is 2.39. The van der Waals surface area contributed by atoms with E-state index >= 15 is 0 Å². The van der Waals surface area contributed by atoms with E-state index in [4.69, 9.17) is 0 Å². The standard InChI is InChI=1S/C18H19N5OS/c24-17-16(8-7-12-3-1-2-4-14(12)19-17)25-18-20-21-22-23(18)15-10-11-5-6-13(15)9-11/h1-6,11,13,15-16H,7-10H2,(H,19,24)/t11-,13-,15+,16-/m0/s1. The molecular weight excluding hydrogens is 334 g/mol. The fourth-order valence-electron chi connectivity index (χ4n) is 4.23. The molecule has 2 aliphatic carbocycles. The number of carbonyl (C=O) groups excluding carboxylic acids is 1. The lowest BCUT2D eigenvalue weighted by molar-refractivity contribution is -0.115. The second-order valence-electron chi connectivity index (χ2n) is 7.05. The highest BCUT2D eigenvalue weighted by molar-refractivity contribution is 8.00. The number of aromatic nitrogens is 4. The highest BCUT2D eigenvalue weighted by atomic mass is 32.2. The zero-order valence-electron chi connectivity index (χ0n) is 13.7. The summed E-state index contributed by atoms with van der Waals surface area (Å²) >= 11 is 1.49. The van der Waals surface area contributed by atoms with Crippen LogP contribution in [0.15, 0.2) is 41.6 Å². The van der Waals surface area contributed by atoms with Crippen molar-refractivity contribution in [2.45, 2.75) is 42.1 Å². The zero-order valence-corrected chi connectivity index (χ0v) is 14.5. The lowest BCUT2D eigenvalue weighted by Gasteiger charge is -2.20. The van der Waals surface area contributed by atoms with Crippen LogP contribution in [0.4, 0.5) is 5.69 Å². The summed E-state index contributed by atoms with van der Waals surface area (Å²) in [5, 5.41) is 16.0. The number of tetrazole rings is 1. The van der Waals surface area contributed by atoms with Crippen molar-refractivity contribution in [1.82, 2.24) is 20.2 Å². The largest absolute Gasteiger partial charge is 0.325 e. The molecule has 0 unspecified atom stereocenters. The van der Waals surface area contributed by atoms with E-state index in [9.17, 15) is 4.79 Å². The Morgan fingerprint density at radius 1 is 1.20 bits per heavy atom. The molecule has 1 N–H and O–H groups in total. The minimum absolute atomic E-state index is 0.0392. The van der Waals surface area contributed by atoms with Crippen molar-refractivity contribution in [3.63, 3.8) is 0 Å². The normalized spacial score (nSPS) is 30.2. The number of rotatable bonds is 3. The molecular formula is C18H19N5OS. The van der Waals surface area contributed by atoms with Gasteiger partial charge in [-0.2, -0.15) is 0 Å². The number of anilines is 1. The Bertz CT molecular complexity index is 847. The second-order valence-corrected chi connectivity index (χ2v) is 8.22. The van der Waals surface area contributed by atoms with Gasteiger partial charge in [0.15, 0.2) is 0 Å². The average Bonchev–Trinajstić information content (AvgIpc) is 3.33. The van der Waals surface area contributed by atoms with Crippen LogP contribution in [0, 0.1) is 11.8 Å². The Morgan fingerprint density at radius 2 is 2.12 bits per heavy atom. The number of hydrogen-bond donors (Lipinski definition) is 1. The number of fused-ring (bicyclic) bond motifs is 3. The Hall–Kier alpha value is -2.15. The first-order valence-electron chi connectivity index (χ1n) is 8.79. The molecule has 2 aromatic rings. The molecule has 1 fully saturated rings. The summed E-state index contributed by atoms with van der Waals surface area (Å²) in [6.45, 7) is 0. The van der Waals surface area contributed by atoms with E-state index < -0.39 is 0 Å². The topological polar surface area (TPSA) is 72.7 Å². The first-order valence-corrected chi connectivity index (χ1v) is 9.67. The molecule has 0 radical (unpaired) electrons. The van der Waals surface area contributed by atoms with Gasteiger partial charge in [-0.1, -0.05) is 42.1 Å². The molecule has 0 saturated heterocycles. The van der Waals surface area contributed by atoms with Crippen LogP contribution in [0.1, 0.15) is 30.9 Å². The number of hydrogen-bond acceptors (Lipinski definition) is 5. The van der Waals surface area contributed by atoms with Gasteiger partial charge in [0.2, 0.25) is 11.1 Å². The molecule has 3 aliphatic rings. The van der Waals surface area contributed by atoms with E-state index in [1.165, 1.54) is 23.7 Å². The van der Waals surface area contributed by atoms with Crippen LogP contribution < -0.4 is 5.32 Å². The molecule has 25 heavy (non-hydrogen) atoms. The monoisotopic (exact) mass is 353 g/mol. The van der Waals surface area contributed by atoms with Crippen LogP contribution in [0.3, 0.4) is 0 Å². The molecule has 6 nitrogen and oxygen atoms in total. The van der Waals surface area contributed by atoms with Crippen molar-refractivity contribution >= 4 is 23.4 Å². The van der Waals surface area contributed by atoms with Gasteiger partial charge in [0.25, 0.3) is 0 Å². The van der Waals surface area contributed by atoms with Gasteiger partial charge in [-0.3, -0.25) is 4.79 Å². The Labute approximate surface area is 150 Å². The number of allylic oxidation sites excluding steroid dienone is 2. The third-order valence-corrected chi connectivity index (χ3v) is 6.73. The van der Waals surface area contributed by atoms with E-state index in [1.54, 1.807) is 0 Å². The van der Waals surface area contributed by atoms with Gasteiger partial charge in [0, 0.05) is 5.69 Å². The van der Waals surface area contributed by atoms with E-state index in [0.29, 0.717) is 17.9 Å². The highest BCUT2D eigenvalue weighted by Crippen LogP contribution is 2.47. The zero-order chi connectivity index (χ0) is 16.8. The molecule has 0 spiro atoms. The Kier molecular flexibility index (Phi) is 3.62. The van der Waals surface area contributed by atoms with E-state index in [-0.39, 0.29) is 11.2 Å². The van der Waals surface area contributed by atoms with Crippen molar-refractivity contribution < 1.29 is 4.79 Å². The van der Waals surface area contributed by atoms with Crippen molar-refractivity contribution in [3.05, 3.63) is 42.0 Å². The molecule has 128 valence electrons. The predicted molar refractivity (Wildman–Crippen MR) is 95.2 cm³/mol. The number of thioether (sulfide) groups is 1. The summed E-state index contributed by atoms with van der Waals surface area (Å²) in [6.07, 6.45) is 8.58. The number of carbonyl (C=O) groups is 1. The molecule has 1 aromatic carbocycles. The first-order chi connectivity index (χ1) is 12.3. The van der Waals surface area contributed by atoms with Crippen molar-refractivity contribution in [3.8, 4) is 0 Å². The van der Waals surface area contributed by atoms with Crippen LogP contribution in [0.25, 0.3) is 0 Å². The van der Waals surface area contributed by atoms with E-state index in [2.05, 4.69) is 39.1 Å². The maximum Gasteiger partial charge on any atom is 0.237 e. The minimum Gasteiger partial charge on any atom is -0.325 e. The van der Waals surface area contributed by atoms with Gasteiger partial charge in [-0.05, 0) is 59.6 Å². The molecule has 7 heteroatoms. The number of benzene rings is 1. The summed E-state index contributed by atoms with van der Waals surface area (Å²) in [6, 6.07) is 8.34. The summed E-state index contributed by atoms with van der Waals surface area (Å²) < 4.78 is 1.95. The maximum absolute atomic E-state index is 12.6. The number of amides is 1. The van der Waals surface area contributed by atoms with Crippen LogP contribution in [0.5, 0.6) is 0 Å². The molecule has 1 saturated carbocycles. The Morgan fingerprint density at radius 3 is 2.96 bits per heavy atom. The van der Waals surface area contributed by atoms with E-state index in [1.807, 2.05) is 22.9 Å². The number of para-hydroxylation sites is 1. The number of nitrogens with one attached hydrogen (secondary N) is 1. The fourth-order valence-corrected chi connectivity index (χ4v) is 5.25. The van der Waals surface area contributed by atoms with Crippen molar-refractivity contribution in [2.24, 2.45) is 11.8 Å². The summed E-state index contributed by atoms with van der Waals surface area (Å²) in [5.41, 5.74) is 2.12. The predicted octanol–water partition coefficient (Wildman–Crippen LogP) is 2.86. The molecule has 2 heterocycles. The van der Waals surface area contributed by atoms with Crippen LogP contribution in [0.2, 0.25) is 0 Å². The van der Waals surface area contributed by atoms with Crippen molar-refractivity contribution in [2.75, 3.05) is 5.32 Å². The summed E-state index contributed by atoms with van der Waals surface area (Å²) in [5.74, 6) is 1.23. The SMILES string of the molecule is O=C1Nc2ccccc2CC[C@@H]1Sc1nnnn1[C@@H]1C[C@H]2C=C[C@H]1C2. The maximum atomic E-state index is 12.6. The smallest absolute Gasteiger partial charge is 0.237 e. The lowest BCUT2D eigenvalue weighted by Crippen LogP contribution is -2.25. The third-order valence-electron chi connectivity index (χ3n) is 5.51. The van der Waals surface area contributed by atoms with Crippen LogP contribution in [-0.4, -0.2) is 31.4 Å². The van der Waals surface area contributed by atoms with Crippen molar-refractivity contribution in [1.29, 1.82) is 0 Å². The van der Waals surface area contributed by atoms with E-state index in [0.717, 1.165) is 30.1 Å². The summed E-state index contributed by atoms with van der Waals surface area (Å²) in [7, 11) is 0. The molecule has 2 bridgehead atoms. The van der Waals surface area contributed by atoms with Gasteiger partial charge >= 0.3 is 0 Å². The lowest BCUT2D eigenvalue weighted by atomic mass is 10.0. The molecule has 5 rings (SSSR count). The molecule has 4 atom stereocenters. The van der Waals surface area contributed by atoms with Gasteiger partial charge in [-0.15, -0.1) is 5.10 Å². The first kappa shape index (κ1) is 15.1. The van der Waals surface area contributed by atoms with Crippen LogP contribution in [-0.2, 0) is 11.2 Å². The molecule has 1 aliphatic heterocycles. The quantitative estimate of drug-likeness (QED) is 0.859. The van der Waals surface area contributed by atoms with Gasteiger partial charge in [0.05, 0.1) is 11.3 Å². The number of aryl methyl sites for hydroxylation is 1. The Balaban J connectivity index is 1.36. The minimum atomic E-state index is -0.175.